The molecule has 1 rings (SSSR count). The van der Waals surface area contributed by atoms with Crippen molar-refractivity contribution in [2.24, 2.45) is 0 Å². The third-order valence-electron chi connectivity index (χ3n) is 2.06. The monoisotopic (exact) mass is 193 g/mol. The Hall–Kier alpha value is -1.51. The Morgan fingerprint density at radius 3 is 2.79 bits per heavy atom. The molecule has 76 valence electrons. The molecule has 0 unspecified atom stereocenters. The maximum atomic E-state index is 10.3. The molecule has 14 heavy (non-hydrogen) atoms. The Kier molecular flexibility index (Phi) is 3.51. The lowest BCUT2D eigenvalue weighted by Gasteiger charge is -2.07. The van der Waals surface area contributed by atoms with E-state index in [-0.39, 0.29) is 0 Å². The average Bonchev–Trinajstić information content (AvgIpc) is 2.15. The van der Waals surface area contributed by atoms with Crippen LogP contribution in [0.25, 0.3) is 0 Å². The summed E-state index contributed by atoms with van der Waals surface area (Å²) in [5.41, 5.74) is 2.23. The summed E-state index contributed by atoms with van der Waals surface area (Å²) in [5.74, 6) is 0.472. The first-order valence-electron chi connectivity index (χ1n) is 4.65. The average molecular weight is 193 g/mol. The van der Waals surface area contributed by atoms with Crippen LogP contribution in [-0.2, 0) is 6.54 Å². The molecule has 0 aliphatic carbocycles. The molecule has 0 aromatic heterocycles. The smallest absolute Gasteiger partial charge is 0.404 e. The van der Waals surface area contributed by atoms with Crippen LogP contribution < -0.4 is 5.32 Å². The third kappa shape index (κ3) is 3.09. The lowest BCUT2D eigenvalue weighted by Crippen LogP contribution is -2.19. The van der Waals surface area contributed by atoms with Gasteiger partial charge in [0.05, 0.1) is 0 Å². The van der Waals surface area contributed by atoms with Gasteiger partial charge in [-0.3, -0.25) is 0 Å². The minimum Gasteiger partial charge on any atom is -0.465 e. The van der Waals surface area contributed by atoms with Gasteiger partial charge in [-0.05, 0) is 17.0 Å². The molecule has 0 spiro atoms. The fourth-order valence-electron chi connectivity index (χ4n) is 1.24. The van der Waals surface area contributed by atoms with Crippen LogP contribution in [0.4, 0.5) is 4.79 Å². The fourth-order valence-corrected chi connectivity index (χ4v) is 1.24. The molecule has 0 heterocycles. The molecule has 0 saturated heterocycles. The highest BCUT2D eigenvalue weighted by Crippen LogP contribution is 2.15. The van der Waals surface area contributed by atoms with Gasteiger partial charge < -0.3 is 10.4 Å². The van der Waals surface area contributed by atoms with Crippen LogP contribution in [0.3, 0.4) is 0 Å². The molecule has 3 nitrogen and oxygen atoms in total. The highest BCUT2D eigenvalue weighted by Gasteiger charge is 2.01. The molecule has 0 fully saturated rings. The molecule has 0 atom stereocenters. The topological polar surface area (TPSA) is 49.3 Å². The van der Waals surface area contributed by atoms with Crippen LogP contribution >= 0.6 is 0 Å². The van der Waals surface area contributed by atoms with Crippen LogP contribution in [0.2, 0.25) is 0 Å². The van der Waals surface area contributed by atoms with Crippen molar-refractivity contribution in [2.45, 2.75) is 26.3 Å². The van der Waals surface area contributed by atoms with Gasteiger partial charge in [0.2, 0.25) is 0 Å². The summed E-state index contributed by atoms with van der Waals surface area (Å²) >= 11 is 0. The van der Waals surface area contributed by atoms with Gasteiger partial charge in [-0.15, -0.1) is 0 Å². The zero-order valence-corrected chi connectivity index (χ0v) is 8.45. The molecular weight excluding hydrogens is 178 g/mol. The van der Waals surface area contributed by atoms with Gasteiger partial charge in [0.1, 0.15) is 0 Å². The van der Waals surface area contributed by atoms with Crippen molar-refractivity contribution in [1.82, 2.24) is 5.32 Å². The second kappa shape index (κ2) is 4.65. The van der Waals surface area contributed by atoms with E-state index in [1.54, 1.807) is 0 Å². The van der Waals surface area contributed by atoms with E-state index in [1.807, 2.05) is 18.2 Å². The summed E-state index contributed by atoms with van der Waals surface area (Å²) in [7, 11) is 0. The number of carboxylic acid groups (broad SMARTS) is 1. The molecule has 1 aromatic carbocycles. The first kappa shape index (κ1) is 10.6. The number of carbonyl (C=O) groups is 1. The predicted molar refractivity (Wildman–Crippen MR) is 55.4 cm³/mol. The van der Waals surface area contributed by atoms with Crippen LogP contribution in [0, 0.1) is 0 Å². The van der Waals surface area contributed by atoms with Crippen molar-refractivity contribution >= 4 is 6.09 Å². The molecule has 2 N–H and O–H groups in total. The first-order valence-corrected chi connectivity index (χ1v) is 4.65. The van der Waals surface area contributed by atoms with Gasteiger partial charge in [-0.25, -0.2) is 4.79 Å². The van der Waals surface area contributed by atoms with Crippen molar-refractivity contribution in [3.8, 4) is 0 Å². The Balaban J connectivity index is 2.68. The summed E-state index contributed by atoms with van der Waals surface area (Å²) in [6.45, 7) is 4.60. The van der Waals surface area contributed by atoms with Gasteiger partial charge in [0, 0.05) is 6.54 Å². The standard InChI is InChI=1S/C11H15NO2/c1-8(2)10-5-3-4-9(6-10)7-12-11(13)14/h3-6,8,12H,7H2,1-2H3,(H,13,14). The van der Waals surface area contributed by atoms with Crippen molar-refractivity contribution < 1.29 is 9.90 Å². The van der Waals surface area contributed by atoms with E-state index in [2.05, 4.69) is 25.2 Å². The Morgan fingerprint density at radius 2 is 2.21 bits per heavy atom. The molecule has 3 heteroatoms. The fraction of sp³-hybridized carbons (Fsp3) is 0.364. The maximum Gasteiger partial charge on any atom is 0.404 e. The highest BCUT2D eigenvalue weighted by molar-refractivity contribution is 5.64. The van der Waals surface area contributed by atoms with Gasteiger partial charge >= 0.3 is 6.09 Å². The second-order valence-electron chi connectivity index (χ2n) is 3.56. The minimum atomic E-state index is -0.986. The molecule has 0 aliphatic heterocycles. The van der Waals surface area contributed by atoms with Crippen molar-refractivity contribution in [3.63, 3.8) is 0 Å². The number of hydrogen-bond donors (Lipinski definition) is 2. The SMILES string of the molecule is CC(C)c1cccc(CNC(=O)O)c1. The lowest BCUT2D eigenvalue weighted by atomic mass is 10.0. The number of benzene rings is 1. The van der Waals surface area contributed by atoms with Gasteiger partial charge in [0.15, 0.2) is 0 Å². The Morgan fingerprint density at radius 1 is 1.50 bits per heavy atom. The summed E-state index contributed by atoms with van der Waals surface area (Å²) in [4.78, 5) is 10.3. The third-order valence-corrected chi connectivity index (χ3v) is 2.06. The summed E-state index contributed by atoms with van der Waals surface area (Å²) in [6.07, 6.45) is -0.986. The number of rotatable bonds is 3. The van der Waals surface area contributed by atoms with Crippen LogP contribution in [-0.4, -0.2) is 11.2 Å². The van der Waals surface area contributed by atoms with E-state index >= 15 is 0 Å². The van der Waals surface area contributed by atoms with Gasteiger partial charge in [-0.1, -0.05) is 38.1 Å². The molecule has 1 amide bonds. The largest absolute Gasteiger partial charge is 0.465 e. The molecule has 0 bridgehead atoms. The van der Waals surface area contributed by atoms with E-state index in [4.69, 9.17) is 5.11 Å². The minimum absolute atomic E-state index is 0.371. The number of nitrogens with one attached hydrogen (secondary N) is 1. The van der Waals surface area contributed by atoms with Crippen LogP contribution in [0.15, 0.2) is 24.3 Å². The number of hydrogen-bond acceptors (Lipinski definition) is 1. The van der Waals surface area contributed by atoms with Crippen LogP contribution in [0.1, 0.15) is 30.9 Å². The first-order chi connectivity index (χ1) is 6.59. The zero-order chi connectivity index (χ0) is 10.6. The predicted octanol–water partition coefficient (Wildman–Crippen LogP) is 2.58. The Labute approximate surface area is 83.8 Å². The van der Waals surface area contributed by atoms with Crippen molar-refractivity contribution in [3.05, 3.63) is 35.4 Å². The normalized spacial score (nSPS) is 10.2. The summed E-state index contributed by atoms with van der Waals surface area (Å²) < 4.78 is 0. The molecule has 0 aliphatic rings. The van der Waals surface area contributed by atoms with Crippen molar-refractivity contribution in [2.75, 3.05) is 0 Å². The van der Waals surface area contributed by atoms with E-state index in [1.165, 1.54) is 5.56 Å². The molecular formula is C11H15NO2. The summed E-state index contributed by atoms with van der Waals surface area (Å²) in [6, 6.07) is 7.95. The van der Waals surface area contributed by atoms with Gasteiger partial charge in [0.25, 0.3) is 0 Å². The van der Waals surface area contributed by atoms with Crippen molar-refractivity contribution in [1.29, 1.82) is 0 Å². The lowest BCUT2D eigenvalue weighted by molar-refractivity contribution is 0.194. The van der Waals surface area contributed by atoms with E-state index in [0.29, 0.717) is 12.5 Å². The zero-order valence-electron chi connectivity index (χ0n) is 8.45. The van der Waals surface area contributed by atoms with E-state index < -0.39 is 6.09 Å². The molecule has 1 aromatic rings. The second-order valence-corrected chi connectivity index (χ2v) is 3.56. The van der Waals surface area contributed by atoms with E-state index in [0.717, 1.165) is 5.56 Å². The number of amides is 1. The Bertz CT molecular complexity index is 321. The maximum absolute atomic E-state index is 10.3. The highest BCUT2D eigenvalue weighted by atomic mass is 16.4. The van der Waals surface area contributed by atoms with Gasteiger partial charge in [-0.2, -0.15) is 0 Å². The van der Waals surface area contributed by atoms with E-state index in [9.17, 15) is 4.79 Å². The molecule has 0 radical (unpaired) electrons. The van der Waals surface area contributed by atoms with Crippen LogP contribution in [0.5, 0.6) is 0 Å². The summed E-state index contributed by atoms with van der Waals surface area (Å²) in [5, 5.41) is 10.8. The quantitative estimate of drug-likeness (QED) is 0.775. The molecule has 0 saturated carbocycles.